The molecule has 6 aliphatic rings. The first kappa shape index (κ1) is 17.9. The Labute approximate surface area is 164 Å². The molecule has 0 radical (unpaired) electrons. The van der Waals surface area contributed by atoms with Crippen molar-refractivity contribution in [3.63, 3.8) is 0 Å². The van der Waals surface area contributed by atoms with E-state index in [-0.39, 0.29) is 72.0 Å². The third-order valence-electron chi connectivity index (χ3n) is 7.73. The highest BCUT2D eigenvalue weighted by atomic mass is 16.2. The Hall–Kier alpha value is -2.12. The minimum Gasteiger partial charge on any atom is -0.328 e. The topological polar surface area (TPSA) is 81.2 Å². The van der Waals surface area contributed by atoms with E-state index in [4.69, 9.17) is 0 Å². The zero-order valence-corrected chi connectivity index (χ0v) is 16.9. The highest BCUT2D eigenvalue weighted by molar-refractivity contribution is 5.88. The van der Waals surface area contributed by atoms with Gasteiger partial charge in [-0.2, -0.15) is 0 Å². The van der Waals surface area contributed by atoms with Crippen molar-refractivity contribution in [1.29, 1.82) is 0 Å². The Balaban J connectivity index is 1.65. The van der Waals surface area contributed by atoms with Crippen LogP contribution >= 0.6 is 0 Å². The van der Waals surface area contributed by atoms with E-state index in [0.717, 1.165) is 0 Å². The van der Waals surface area contributed by atoms with Crippen molar-refractivity contribution in [1.82, 2.24) is 19.6 Å². The first-order valence-corrected chi connectivity index (χ1v) is 10.7. The van der Waals surface area contributed by atoms with Crippen LogP contribution in [0.4, 0.5) is 0 Å². The summed E-state index contributed by atoms with van der Waals surface area (Å²) in [5.41, 5.74) is 0. The van der Waals surface area contributed by atoms with Gasteiger partial charge in [-0.15, -0.1) is 0 Å². The monoisotopic (exact) mass is 388 g/mol. The molecule has 4 aliphatic heterocycles. The van der Waals surface area contributed by atoms with Crippen molar-refractivity contribution in [2.24, 2.45) is 0 Å². The van der Waals surface area contributed by atoms with E-state index in [1.54, 1.807) is 0 Å². The normalized spacial score (nSPS) is 41.0. The van der Waals surface area contributed by atoms with Gasteiger partial charge in [0, 0.05) is 25.7 Å². The number of carbonyl (C=O) groups excluding carboxylic acids is 4. The maximum Gasteiger partial charge on any atom is 0.223 e. The van der Waals surface area contributed by atoms with E-state index in [2.05, 4.69) is 0 Å². The molecule has 8 bridgehead atoms. The average molecular weight is 388 g/mol. The Morgan fingerprint density at radius 1 is 0.429 bits per heavy atom. The Morgan fingerprint density at radius 3 is 0.679 bits per heavy atom. The quantitative estimate of drug-likeness (QED) is 0.677. The number of hydrogen-bond acceptors (Lipinski definition) is 4. The minimum atomic E-state index is -0.186. The lowest BCUT2D eigenvalue weighted by atomic mass is 9.51. The fourth-order valence-electron chi connectivity index (χ4n) is 6.81. The van der Waals surface area contributed by atoms with Crippen molar-refractivity contribution >= 4 is 23.6 Å². The molecule has 0 aromatic rings. The van der Waals surface area contributed by atoms with E-state index in [1.807, 2.05) is 47.3 Å². The molecule has 0 atom stereocenters. The predicted molar refractivity (Wildman–Crippen MR) is 98.9 cm³/mol. The van der Waals surface area contributed by atoms with Crippen LogP contribution in [-0.2, 0) is 19.2 Å². The van der Waals surface area contributed by atoms with Crippen LogP contribution in [0.25, 0.3) is 0 Å². The highest BCUT2D eigenvalue weighted by Gasteiger charge is 2.84. The number of piperazine rings is 4. The number of rotatable bonds is 4. The largest absolute Gasteiger partial charge is 0.328 e. The Bertz CT molecular complexity index is 608. The molecule has 0 spiro atoms. The molecular formula is C20H28N4O4. The lowest BCUT2D eigenvalue weighted by molar-refractivity contribution is -0.331. The molecule has 4 heterocycles. The van der Waals surface area contributed by atoms with E-state index in [0.29, 0.717) is 25.7 Å². The van der Waals surface area contributed by atoms with Crippen molar-refractivity contribution < 1.29 is 19.2 Å². The molecule has 28 heavy (non-hydrogen) atoms. The van der Waals surface area contributed by atoms with Crippen molar-refractivity contribution in [3.8, 4) is 0 Å². The van der Waals surface area contributed by atoms with E-state index in [9.17, 15) is 19.2 Å². The van der Waals surface area contributed by atoms with Gasteiger partial charge in [0.1, 0.15) is 0 Å². The van der Waals surface area contributed by atoms with E-state index < -0.39 is 0 Å². The van der Waals surface area contributed by atoms with Gasteiger partial charge < -0.3 is 19.6 Å². The second-order valence-corrected chi connectivity index (χ2v) is 8.54. The van der Waals surface area contributed by atoms with Crippen LogP contribution in [0.2, 0.25) is 0 Å². The Kier molecular flexibility index (Phi) is 3.65. The summed E-state index contributed by atoms with van der Waals surface area (Å²) in [6, 6.07) is -1.49. The molecule has 6 fully saturated rings. The van der Waals surface area contributed by atoms with Gasteiger partial charge in [0.15, 0.2) is 0 Å². The average Bonchev–Trinajstić information content (AvgIpc) is 2.66. The number of amides is 4. The fourth-order valence-corrected chi connectivity index (χ4v) is 6.81. The number of hydrogen-bond donors (Lipinski definition) is 0. The molecule has 4 saturated heterocycles. The zero-order valence-electron chi connectivity index (χ0n) is 16.9. The summed E-state index contributed by atoms with van der Waals surface area (Å²) in [5.74, 6) is 0.387. The molecule has 152 valence electrons. The van der Waals surface area contributed by atoms with Gasteiger partial charge in [-0.1, -0.05) is 27.7 Å². The van der Waals surface area contributed by atoms with E-state index in [1.165, 1.54) is 0 Å². The van der Waals surface area contributed by atoms with Gasteiger partial charge in [0.25, 0.3) is 0 Å². The molecule has 0 aromatic carbocycles. The van der Waals surface area contributed by atoms with Crippen molar-refractivity contribution in [3.05, 3.63) is 0 Å². The Morgan fingerprint density at radius 2 is 0.571 bits per heavy atom. The molecule has 2 saturated carbocycles. The SMILES string of the molecule is CCC(=O)N1C2C3C4C2N(C(=O)CC)C2C1C(C2N4C(=O)CC)N3C(=O)CC. The van der Waals surface area contributed by atoms with Gasteiger partial charge >= 0.3 is 0 Å². The maximum atomic E-state index is 12.8. The van der Waals surface area contributed by atoms with Crippen LogP contribution < -0.4 is 0 Å². The summed E-state index contributed by atoms with van der Waals surface area (Å²) in [7, 11) is 0. The third-order valence-corrected chi connectivity index (χ3v) is 7.73. The zero-order chi connectivity index (χ0) is 20.1. The molecule has 6 rings (SSSR count). The summed E-state index contributed by atoms with van der Waals surface area (Å²) < 4.78 is 0. The van der Waals surface area contributed by atoms with Gasteiger partial charge in [-0.25, -0.2) is 0 Å². The summed E-state index contributed by atoms with van der Waals surface area (Å²) in [5, 5.41) is 0. The molecule has 4 amide bonds. The second-order valence-electron chi connectivity index (χ2n) is 8.54. The summed E-state index contributed by atoms with van der Waals surface area (Å²) in [4.78, 5) is 59.3. The minimum absolute atomic E-state index is 0.0966. The van der Waals surface area contributed by atoms with Gasteiger partial charge in [0.05, 0.1) is 48.3 Å². The number of nitrogens with zero attached hydrogens (tertiary/aromatic N) is 4. The molecule has 0 N–H and O–H groups in total. The fraction of sp³-hybridized carbons (Fsp3) is 0.800. The highest BCUT2D eigenvalue weighted by Crippen LogP contribution is 2.62. The van der Waals surface area contributed by atoms with Gasteiger partial charge in [0.2, 0.25) is 23.6 Å². The molecule has 8 heteroatoms. The summed E-state index contributed by atoms with van der Waals surface area (Å²) >= 11 is 0. The molecular weight excluding hydrogens is 360 g/mol. The van der Waals surface area contributed by atoms with Crippen LogP contribution in [0.5, 0.6) is 0 Å². The standard InChI is InChI=1S/C20H28N4O4/c1-5-9(25)21-13-15-19-17(13)23(11(27)7-3)18-14(21)16(22(15)10(26)6-2)20(18)24(19)12(28)8-4/h13-20H,5-8H2,1-4H3. The van der Waals surface area contributed by atoms with Crippen LogP contribution in [0, 0.1) is 0 Å². The molecule has 0 aromatic heterocycles. The van der Waals surface area contributed by atoms with Crippen molar-refractivity contribution in [2.75, 3.05) is 0 Å². The predicted octanol–water partition coefficient (Wildman–Crippen LogP) is -0.0424. The molecule has 0 unspecified atom stereocenters. The van der Waals surface area contributed by atoms with E-state index >= 15 is 0 Å². The van der Waals surface area contributed by atoms with Gasteiger partial charge in [-0.3, -0.25) is 19.2 Å². The van der Waals surface area contributed by atoms with Crippen LogP contribution in [-0.4, -0.2) is 91.6 Å². The van der Waals surface area contributed by atoms with Crippen molar-refractivity contribution in [2.45, 2.75) is 102 Å². The van der Waals surface area contributed by atoms with Crippen LogP contribution in [0.1, 0.15) is 53.4 Å². The van der Waals surface area contributed by atoms with Crippen LogP contribution in [0.15, 0.2) is 0 Å². The molecule has 8 nitrogen and oxygen atoms in total. The molecule has 2 aliphatic carbocycles. The lowest BCUT2D eigenvalue weighted by Crippen LogP contribution is -3.07. The summed E-state index contributed by atoms with van der Waals surface area (Å²) in [6.07, 6.45) is 1.68. The number of carbonyl (C=O) groups is 4. The summed E-state index contributed by atoms with van der Waals surface area (Å²) in [6.45, 7) is 7.45. The van der Waals surface area contributed by atoms with Crippen LogP contribution in [0.3, 0.4) is 0 Å². The second kappa shape index (κ2) is 5.70. The third kappa shape index (κ3) is 1.69. The first-order valence-electron chi connectivity index (χ1n) is 10.7. The van der Waals surface area contributed by atoms with Gasteiger partial charge in [-0.05, 0) is 0 Å². The first-order chi connectivity index (χ1) is 13.4. The lowest BCUT2D eigenvalue weighted by Gasteiger charge is -2.86. The maximum absolute atomic E-state index is 12.8. The smallest absolute Gasteiger partial charge is 0.223 e.